The number of nitrogens with zero attached hydrogens (tertiary/aromatic N) is 1. The van der Waals surface area contributed by atoms with Crippen molar-refractivity contribution < 1.29 is 23.5 Å². The summed E-state index contributed by atoms with van der Waals surface area (Å²) < 4.78 is 23.6. The topological polar surface area (TPSA) is 55.8 Å². The Bertz CT molecular complexity index is 664. The molecule has 1 aromatic carbocycles. The van der Waals surface area contributed by atoms with Crippen LogP contribution in [-0.2, 0) is 19.1 Å². The van der Waals surface area contributed by atoms with Crippen LogP contribution in [0.25, 0.3) is 0 Å². The lowest BCUT2D eigenvalue weighted by Crippen LogP contribution is -2.44. The molecule has 1 aromatic rings. The van der Waals surface area contributed by atoms with E-state index in [0.717, 1.165) is 32.4 Å². The van der Waals surface area contributed by atoms with E-state index in [9.17, 15) is 14.0 Å². The van der Waals surface area contributed by atoms with Crippen molar-refractivity contribution >= 4 is 11.9 Å². The minimum absolute atomic E-state index is 0.183. The van der Waals surface area contributed by atoms with Crippen molar-refractivity contribution in [2.45, 2.75) is 57.9 Å². The highest BCUT2D eigenvalue weighted by molar-refractivity contribution is 6.00. The van der Waals surface area contributed by atoms with Gasteiger partial charge >= 0.3 is 11.9 Å². The van der Waals surface area contributed by atoms with Crippen LogP contribution in [0.2, 0.25) is 0 Å². The normalized spacial score (nSPS) is 22.8. The zero-order valence-electron chi connectivity index (χ0n) is 16.8. The number of piperidine rings is 1. The molecule has 0 aromatic heterocycles. The van der Waals surface area contributed by atoms with Crippen LogP contribution in [0.3, 0.4) is 0 Å². The zero-order chi connectivity index (χ0) is 20.1. The number of halogens is 1. The van der Waals surface area contributed by atoms with Gasteiger partial charge in [-0.1, -0.05) is 12.1 Å². The monoisotopic (exact) mass is 391 g/mol. The second kappa shape index (κ2) is 9.03. The van der Waals surface area contributed by atoms with Crippen molar-refractivity contribution in [2.75, 3.05) is 26.3 Å². The van der Waals surface area contributed by atoms with Crippen molar-refractivity contribution in [1.82, 2.24) is 4.90 Å². The molecule has 1 aliphatic heterocycles. The van der Waals surface area contributed by atoms with Gasteiger partial charge in [0.2, 0.25) is 0 Å². The van der Waals surface area contributed by atoms with Crippen molar-refractivity contribution in [3.8, 4) is 0 Å². The van der Waals surface area contributed by atoms with Gasteiger partial charge in [-0.25, -0.2) is 4.39 Å². The maximum atomic E-state index is 13.1. The summed E-state index contributed by atoms with van der Waals surface area (Å²) in [5, 5.41) is 0. The summed E-state index contributed by atoms with van der Waals surface area (Å²) in [6.07, 6.45) is 3.72. The molecule has 0 radical (unpaired) electrons. The number of carbonyl (C=O) groups excluding carboxylic acids is 2. The largest absolute Gasteiger partial charge is 0.465 e. The summed E-state index contributed by atoms with van der Waals surface area (Å²) in [7, 11) is 0. The zero-order valence-corrected chi connectivity index (χ0v) is 16.8. The Balaban J connectivity index is 1.63. The number of ether oxygens (including phenoxy) is 2. The highest BCUT2D eigenvalue weighted by Gasteiger charge is 2.55. The summed E-state index contributed by atoms with van der Waals surface area (Å²) >= 11 is 0. The molecule has 3 rings (SSSR count). The van der Waals surface area contributed by atoms with E-state index in [0.29, 0.717) is 18.8 Å². The molecule has 5 nitrogen and oxygen atoms in total. The molecular weight excluding hydrogens is 361 g/mol. The fraction of sp³-hybridized carbons (Fsp3) is 0.636. The lowest BCUT2D eigenvalue weighted by atomic mass is 9.85. The summed E-state index contributed by atoms with van der Waals surface area (Å²) in [5.41, 5.74) is 0.0182. The van der Waals surface area contributed by atoms with Crippen molar-refractivity contribution in [3.05, 3.63) is 35.6 Å². The number of esters is 2. The van der Waals surface area contributed by atoms with Crippen LogP contribution < -0.4 is 0 Å². The van der Waals surface area contributed by atoms with Crippen LogP contribution in [0.15, 0.2) is 24.3 Å². The summed E-state index contributed by atoms with van der Waals surface area (Å²) in [6.45, 7) is 5.84. The van der Waals surface area contributed by atoms with E-state index < -0.39 is 17.4 Å². The summed E-state index contributed by atoms with van der Waals surface area (Å²) in [5.74, 6) is -0.672. The smallest absolute Gasteiger partial charge is 0.323 e. The minimum atomic E-state index is -1.16. The number of rotatable bonds is 6. The molecule has 2 aliphatic rings. The van der Waals surface area contributed by atoms with E-state index in [1.54, 1.807) is 13.8 Å². The number of benzene rings is 1. The lowest BCUT2D eigenvalue weighted by Gasteiger charge is -2.36. The highest BCUT2D eigenvalue weighted by atomic mass is 19.1. The molecule has 1 aliphatic carbocycles. The van der Waals surface area contributed by atoms with Gasteiger partial charge in [0.05, 0.1) is 13.2 Å². The van der Waals surface area contributed by atoms with Crippen molar-refractivity contribution in [1.29, 1.82) is 0 Å². The molecule has 1 atom stereocenters. The van der Waals surface area contributed by atoms with Gasteiger partial charge in [-0.2, -0.15) is 0 Å². The van der Waals surface area contributed by atoms with E-state index >= 15 is 0 Å². The Kier molecular flexibility index (Phi) is 6.70. The molecule has 28 heavy (non-hydrogen) atoms. The van der Waals surface area contributed by atoms with Gasteiger partial charge < -0.3 is 14.4 Å². The molecule has 0 amide bonds. The third-order valence-corrected chi connectivity index (χ3v) is 6.21. The Hall–Kier alpha value is -1.95. The molecule has 6 heteroatoms. The number of hydrogen-bond acceptors (Lipinski definition) is 5. The molecule has 2 fully saturated rings. The molecule has 0 spiro atoms. The second-order valence-corrected chi connectivity index (χ2v) is 7.78. The molecule has 1 saturated carbocycles. The average Bonchev–Trinajstić information content (AvgIpc) is 3.16. The first-order valence-electron chi connectivity index (χ1n) is 10.3. The first-order chi connectivity index (χ1) is 13.5. The third-order valence-electron chi connectivity index (χ3n) is 6.21. The van der Waals surface area contributed by atoms with Gasteiger partial charge in [-0.05, 0) is 82.7 Å². The van der Waals surface area contributed by atoms with E-state index in [4.69, 9.17) is 9.47 Å². The molecule has 1 heterocycles. The van der Waals surface area contributed by atoms with Crippen LogP contribution in [-0.4, -0.2) is 49.2 Å². The quantitative estimate of drug-likeness (QED) is 0.547. The maximum absolute atomic E-state index is 13.1. The van der Waals surface area contributed by atoms with Crippen LogP contribution in [0.5, 0.6) is 0 Å². The van der Waals surface area contributed by atoms with Crippen molar-refractivity contribution in [3.63, 3.8) is 0 Å². The van der Waals surface area contributed by atoms with Gasteiger partial charge in [0.15, 0.2) is 5.41 Å². The maximum Gasteiger partial charge on any atom is 0.323 e. The summed E-state index contributed by atoms with van der Waals surface area (Å²) in [6, 6.07) is 6.97. The van der Waals surface area contributed by atoms with Crippen LogP contribution in [0.4, 0.5) is 4.39 Å². The molecule has 1 saturated heterocycles. The third kappa shape index (κ3) is 4.22. The van der Waals surface area contributed by atoms with Crippen LogP contribution >= 0.6 is 0 Å². The number of carbonyl (C=O) groups is 2. The number of likely N-dealkylation sites (tertiary alicyclic amines) is 1. The first-order valence-corrected chi connectivity index (χ1v) is 10.3. The standard InChI is InChI=1S/C22H30FNO4/c1-3-27-20(25)22(21(26)28-4-2)12-9-19(15-22)24-13-10-17(11-14-24)16-5-7-18(23)8-6-16/h5-8,17,19H,3-4,9-15H2,1-2H3. The van der Waals surface area contributed by atoms with E-state index in [-0.39, 0.29) is 25.1 Å². The Morgan fingerprint density at radius 2 is 1.61 bits per heavy atom. The van der Waals surface area contributed by atoms with E-state index in [2.05, 4.69) is 4.90 Å². The Labute approximate surface area is 166 Å². The summed E-state index contributed by atoms with van der Waals surface area (Å²) in [4.78, 5) is 27.6. The molecule has 1 unspecified atom stereocenters. The van der Waals surface area contributed by atoms with Gasteiger partial charge in [0.25, 0.3) is 0 Å². The molecule has 154 valence electrons. The van der Waals surface area contributed by atoms with Crippen LogP contribution in [0, 0.1) is 11.2 Å². The van der Waals surface area contributed by atoms with E-state index in [1.165, 1.54) is 17.7 Å². The molecular formula is C22H30FNO4. The van der Waals surface area contributed by atoms with Gasteiger partial charge in [0, 0.05) is 6.04 Å². The second-order valence-electron chi connectivity index (χ2n) is 7.78. The molecule has 0 N–H and O–H groups in total. The average molecular weight is 391 g/mol. The minimum Gasteiger partial charge on any atom is -0.465 e. The van der Waals surface area contributed by atoms with Gasteiger partial charge in [-0.15, -0.1) is 0 Å². The highest BCUT2D eigenvalue weighted by Crippen LogP contribution is 2.44. The fourth-order valence-corrected chi connectivity index (χ4v) is 4.66. The van der Waals surface area contributed by atoms with Gasteiger partial charge in [-0.3, -0.25) is 9.59 Å². The van der Waals surface area contributed by atoms with E-state index in [1.807, 2.05) is 12.1 Å². The van der Waals surface area contributed by atoms with Crippen molar-refractivity contribution in [2.24, 2.45) is 5.41 Å². The predicted octanol–water partition coefficient (Wildman–Crippen LogP) is 3.67. The SMILES string of the molecule is CCOC(=O)C1(C(=O)OCC)CCC(N2CCC(c3ccc(F)cc3)CC2)C1. The molecule has 0 bridgehead atoms. The van der Waals surface area contributed by atoms with Gasteiger partial charge in [0.1, 0.15) is 5.82 Å². The predicted molar refractivity (Wildman–Crippen MR) is 103 cm³/mol. The lowest BCUT2D eigenvalue weighted by molar-refractivity contribution is -0.172. The number of hydrogen-bond donors (Lipinski definition) is 0. The van der Waals surface area contributed by atoms with Crippen LogP contribution in [0.1, 0.15) is 57.4 Å². The fourth-order valence-electron chi connectivity index (χ4n) is 4.66. The first kappa shape index (κ1) is 20.8. The Morgan fingerprint density at radius 3 is 2.14 bits per heavy atom. The Morgan fingerprint density at radius 1 is 1.04 bits per heavy atom.